The monoisotopic (exact) mass is 387 g/mol. The number of nitrogens with zero attached hydrogens (tertiary/aromatic N) is 2. The van der Waals surface area contributed by atoms with Crippen molar-refractivity contribution in [2.24, 2.45) is 5.10 Å². The highest BCUT2D eigenvalue weighted by atomic mass is 79.9. The summed E-state index contributed by atoms with van der Waals surface area (Å²) in [6.07, 6.45) is 1.50. The summed E-state index contributed by atoms with van der Waals surface area (Å²) in [5.41, 5.74) is 3.42. The standard InChI is InChI=1S/C11H7Br2N3O3/c12-10-5-9(19-11(10)13)6-14-15-7-1-3-8(4-2-7)16(17)18/h1-6,15H/b14-6-. The molecule has 0 fully saturated rings. The van der Waals surface area contributed by atoms with Crippen molar-refractivity contribution in [3.8, 4) is 0 Å². The zero-order valence-corrected chi connectivity index (χ0v) is 12.5. The van der Waals surface area contributed by atoms with E-state index in [0.717, 1.165) is 4.47 Å². The number of hydrogen-bond acceptors (Lipinski definition) is 5. The van der Waals surface area contributed by atoms with Crippen molar-refractivity contribution in [1.29, 1.82) is 0 Å². The van der Waals surface area contributed by atoms with E-state index in [1.807, 2.05) is 0 Å². The molecule has 8 heteroatoms. The van der Waals surface area contributed by atoms with Crippen LogP contribution in [0.25, 0.3) is 0 Å². The van der Waals surface area contributed by atoms with Crippen LogP contribution >= 0.6 is 31.9 Å². The van der Waals surface area contributed by atoms with Crippen LogP contribution in [0.1, 0.15) is 5.76 Å². The van der Waals surface area contributed by atoms with E-state index in [-0.39, 0.29) is 5.69 Å². The predicted molar refractivity (Wildman–Crippen MR) is 78.4 cm³/mol. The molecular formula is C11H7Br2N3O3. The number of non-ortho nitro benzene ring substituents is 1. The van der Waals surface area contributed by atoms with Crippen LogP contribution in [0.15, 0.2) is 49.0 Å². The molecule has 6 nitrogen and oxygen atoms in total. The molecule has 0 unspecified atom stereocenters. The van der Waals surface area contributed by atoms with E-state index in [2.05, 4.69) is 42.4 Å². The number of anilines is 1. The minimum atomic E-state index is -0.453. The summed E-state index contributed by atoms with van der Waals surface area (Å²) in [4.78, 5) is 10.0. The van der Waals surface area contributed by atoms with Crippen LogP contribution in [0.5, 0.6) is 0 Å². The molecule has 0 saturated heterocycles. The van der Waals surface area contributed by atoms with Crippen LogP contribution in [0.2, 0.25) is 0 Å². The lowest BCUT2D eigenvalue weighted by molar-refractivity contribution is -0.384. The second-order valence-electron chi connectivity index (χ2n) is 3.44. The topological polar surface area (TPSA) is 80.7 Å². The zero-order chi connectivity index (χ0) is 13.8. The van der Waals surface area contributed by atoms with E-state index in [1.165, 1.54) is 18.3 Å². The first-order valence-corrected chi connectivity index (χ1v) is 6.63. The maximum Gasteiger partial charge on any atom is 0.269 e. The van der Waals surface area contributed by atoms with Crippen molar-refractivity contribution in [3.63, 3.8) is 0 Å². The Morgan fingerprint density at radius 2 is 2.00 bits per heavy atom. The fourth-order valence-corrected chi connectivity index (χ4v) is 1.86. The number of benzene rings is 1. The molecular weight excluding hydrogens is 382 g/mol. The summed E-state index contributed by atoms with van der Waals surface area (Å²) in [7, 11) is 0. The molecule has 19 heavy (non-hydrogen) atoms. The van der Waals surface area contributed by atoms with Gasteiger partial charge in [-0.05, 0) is 44.0 Å². The van der Waals surface area contributed by atoms with Gasteiger partial charge in [-0.1, -0.05) is 0 Å². The number of nitro benzene ring substituents is 1. The summed E-state index contributed by atoms with van der Waals surface area (Å²) in [6.45, 7) is 0. The Morgan fingerprint density at radius 1 is 1.32 bits per heavy atom. The average Bonchev–Trinajstić information content (AvgIpc) is 2.69. The van der Waals surface area contributed by atoms with Crippen molar-refractivity contribution >= 4 is 49.4 Å². The molecule has 2 rings (SSSR count). The third kappa shape index (κ3) is 3.65. The van der Waals surface area contributed by atoms with Crippen molar-refractivity contribution < 1.29 is 9.34 Å². The first-order chi connectivity index (χ1) is 9.06. The van der Waals surface area contributed by atoms with Gasteiger partial charge in [-0.3, -0.25) is 15.5 Å². The van der Waals surface area contributed by atoms with Gasteiger partial charge in [0, 0.05) is 18.2 Å². The van der Waals surface area contributed by atoms with E-state index < -0.39 is 4.92 Å². The first-order valence-electron chi connectivity index (χ1n) is 5.04. The first kappa shape index (κ1) is 13.8. The number of nitro groups is 1. The Balaban J connectivity index is 2.00. The molecule has 1 aromatic carbocycles. The molecule has 0 atom stereocenters. The number of halogens is 2. The number of nitrogens with one attached hydrogen (secondary N) is 1. The molecule has 0 saturated carbocycles. The van der Waals surface area contributed by atoms with Gasteiger partial charge in [-0.2, -0.15) is 5.10 Å². The second-order valence-corrected chi connectivity index (χ2v) is 5.02. The zero-order valence-electron chi connectivity index (χ0n) is 9.34. The highest BCUT2D eigenvalue weighted by Crippen LogP contribution is 2.25. The van der Waals surface area contributed by atoms with Crippen molar-refractivity contribution in [2.75, 3.05) is 5.43 Å². The third-order valence-corrected chi connectivity index (χ3v) is 3.84. The molecule has 2 aromatic rings. The van der Waals surface area contributed by atoms with Crippen LogP contribution in [0, 0.1) is 10.1 Å². The van der Waals surface area contributed by atoms with Gasteiger partial charge in [-0.15, -0.1) is 0 Å². The van der Waals surface area contributed by atoms with Gasteiger partial charge in [0.05, 0.1) is 21.3 Å². The SMILES string of the molecule is O=[N+]([O-])c1ccc(N/N=C\c2cc(Br)c(Br)o2)cc1. The Kier molecular flexibility index (Phi) is 4.33. The highest BCUT2D eigenvalue weighted by molar-refractivity contribution is 9.13. The van der Waals surface area contributed by atoms with Gasteiger partial charge in [0.1, 0.15) is 5.76 Å². The third-order valence-electron chi connectivity index (χ3n) is 2.13. The van der Waals surface area contributed by atoms with Crippen molar-refractivity contribution in [1.82, 2.24) is 0 Å². The number of hydrazone groups is 1. The normalized spacial score (nSPS) is 10.8. The van der Waals surface area contributed by atoms with Gasteiger partial charge in [0.15, 0.2) is 4.67 Å². The minimum absolute atomic E-state index is 0.0356. The Hall–Kier alpha value is -1.67. The van der Waals surface area contributed by atoms with E-state index in [9.17, 15) is 10.1 Å². The van der Waals surface area contributed by atoms with Crippen molar-refractivity contribution in [2.45, 2.75) is 0 Å². The second kappa shape index (κ2) is 5.98. The quantitative estimate of drug-likeness (QED) is 0.484. The van der Waals surface area contributed by atoms with Crippen LogP contribution in [0.3, 0.4) is 0 Å². The summed E-state index contributed by atoms with van der Waals surface area (Å²) in [6, 6.07) is 7.70. The van der Waals surface area contributed by atoms with Gasteiger partial charge < -0.3 is 4.42 Å². The largest absolute Gasteiger partial charge is 0.447 e. The molecule has 0 spiro atoms. The molecule has 1 N–H and O–H groups in total. The smallest absolute Gasteiger partial charge is 0.269 e. The molecule has 0 aliphatic heterocycles. The molecule has 1 aromatic heterocycles. The van der Waals surface area contributed by atoms with E-state index in [1.54, 1.807) is 18.2 Å². The minimum Gasteiger partial charge on any atom is -0.447 e. The summed E-state index contributed by atoms with van der Waals surface area (Å²) < 4.78 is 6.68. The molecule has 0 aliphatic rings. The van der Waals surface area contributed by atoms with Crippen LogP contribution < -0.4 is 5.43 Å². The number of rotatable bonds is 4. The van der Waals surface area contributed by atoms with Gasteiger partial charge in [0.25, 0.3) is 5.69 Å². The van der Waals surface area contributed by atoms with Gasteiger partial charge in [-0.25, -0.2) is 0 Å². The molecule has 1 heterocycles. The Bertz CT molecular complexity index is 603. The molecule has 0 radical (unpaired) electrons. The van der Waals surface area contributed by atoms with Crippen LogP contribution in [-0.2, 0) is 0 Å². The number of furan rings is 1. The summed E-state index contributed by atoms with van der Waals surface area (Å²) in [5, 5.41) is 14.4. The number of hydrogen-bond donors (Lipinski definition) is 1. The van der Waals surface area contributed by atoms with E-state index in [4.69, 9.17) is 4.42 Å². The Labute approximate surface area is 124 Å². The molecule has 98 valence electrons. The van der Waals surface area contributed by atoms with Crippen LogP contribution in [0.4, 0.5) is 11.4 Å². The fourth-order valence-electron chi connectivity index (χ4n) is 1.26. The molecule has 0 aliphatic carbocycles. The maximum atomic E-state index is 10.5. The van der Waals surface area contributed by atoms with Gasteiger partial charge in [0.2, 0.25) is 0 Å². The summed E-state index contributed by atoms with van der Waals surface area (Å²) in [5.74, 6) is 0.563. The highest BCUT2D eigenvalue weighted by Gasteiger charge is 2.04. The van der Waals surface area contributed by atoms with Crippen LogP contribution in [-0.4, -0.2) is 11.1 Å². The van der Waals surface area contributed by atoms with Gasteiger partial charge >= 0.3 is 0 Å². The van der Waals surface area contributed by atoms with E-state index in [0.29, 0.717) is 16.1 Å². The van der Waals surface area contributed by atoms with Crippen molar-refractivity contribution in [3.05, 3.63) is 55.3 Å². The Morgan fingerprint density at radius 3 is 2.53 bits per heavy atom. The molecule has 0 amide bonds. The summed E-state index contributed by atoms with van der Waals surface area (Å²) >= 11 is 6.50. The predicted octanol–water partition coefficient (Wildman–Crippen LogP) is 4.16. The lowest BCUT2D eigenvalue weighted by Crippen LogP contribution is -1.91. The fraction of sp³-hybridized carbons (Fsp3) is 0. The molecule has 0 bridgehead atoms. The lowest BCUT2D eigenvalue weighted by atomic mass is 10.3. The van der Waals surface area contributed by atoms with E-state index >= 15 is 0 Å². The maximum absolute atomic E-state index is 10.5. The average molecular weight is 389 g/mol. The lowest BCUT2D eigenvalue weighted by Gasteiger charge is -1.98.